The van der Waals surface area contributed by atoms with E-state index < -0.39 is 0 Å². The van der Waals surface area contributed by atoms with Crippen molar-refractivity contribution in [3.63, 3.8) is 0 Å². The van der Waals surface area contributed by atoms with E-state index in [-0.39, 0.29) is 18.6 Å². The van der Waals surface area contributed by atoms with Crippen molar-refractivity contribution < 1.29 is 9.53 Å². The molecule has 108 valence electrons. The molecule has 1 amide bonds. The van der Waals surface area contributed by atoms with Crippen LogP contribution in [0.15, 0.2) is 53.0 Å². The molecule has 3 rings (SSSR count). The van der Waals surface area contributed by atoms with Crippen molar-refractivity contribution >= 4 is 27.5 Å². The standard InChI is InChI=1S/C17H16BrNO2/c1-12-9-13-5-2-3-8-16(13)19(12)17(20)11-21-15-7-4-6-14(18)10-15/h2-8,10,12H,9,11H2,1H3/t12-/m1/s1. The third-order valence-electron chi connectivity index (χ3n) is 3.63. The number of rotatable bonds is 3. The van der Waals surface area contributed by atoms with Gasteiger partial charge in [-0.05, 0) is 43.2 Å². The van der Waals surface area contributed by atoms with Gasteiger partial charge in [0.1, 0.15) is 5.75 Å². The maximum absolute atomic E-state index is 12.5. The highest BCUT2D eigenvalue weighted by molar-refractivity contribution is 9.10. The highest BCUT2D eigenvalue weighted by atomic mass is 79.9. The first-order chi connectivity index (χ1) is 10.1. The summed E-state index contributed by atoms with van der Waals surface area (Å²) in [6.45, 7) is 2.12. The largest absolute Gasteiger partial charge is 0.484 e. The number of carbonyl (C=O) groups is 1. The predicted molar refractivity (Wildman–Crippen MR) is 86.7 cm³/mol. The molecule has 2 aromatic rings. The van der Waals surface area contributed by atoms with Crippen LogP contribution < -0.4 is 9.64 Å². The minimum Gasteiger partial charge on any atom is -0.484 e. The predicted octanol–water partition coefficient (Wildman–Crippen LogP) is 3.81. The van der Waals surface area contributed by atoms with Crippen molar-refractivity contribution in [1.82, 2.24) is 0 Å². The summed E-state index contributed by atoms with van der Waals surface area (Å²) in [5, 5.41) is 0. The number of nitrogens with zero attached hydrogens (tertiary/aromatic N) is 1. The van der Waals surface area contributed by atoms with E-state index in [0.717, 1.165) is 16.6 Å². The zero-order valence-corrected chi connectivity index (χ0v) is 13.3. The minimum atomic E-state index is -0.00701. The van der Waals surface area contributed by atoms with Crippen molar-refractivity contribution in [1.29, 1.82) is 0 Å². The summed E-state index contributed by atoms with van der Waals surface area (Å²) in [4.78, 5) is 14.3. The number of para-hydroxylation sites is 1. The molecule has 4 heteroatoms. The molecule has 0 N–H and O–H groups in total. The number of hydrogen-bond donors (Lipinski definition) is 0. The molecule has 0 spiro atoms. The molecule has 3 nitrogen and oxygen atoms in total. The lowest BCUT2D eigenvalue weighted by Gasteiger charge is -2.22. The Kier molecular flexibility index (Phi) is 3.97. The highest BCUT2D eigenvalue weighted by Crippen LogP contribution is 2.31. The van der Waals surface area contributed by atoms with Crippen molar-refractivity contribution in [2.75, 3.05) is 11.5 Å². The van der Waals surface area contributed by atoms with Gasteiger partial charge in [-0.15, -0.1) is 0 Å². The molecular formula is C17H16BrNO2. The van der Waals surface area contributed by atoms with E-state index in [4.69, 9.17) is 4.74 Å². The van der Waals surface area contributed by atoms with Crippen LogP contribution in [0.3, 0.4) is 0 Å². The highest BCUT2D eigenvalue weighted by Gasteiger charge is 2.30. The fraction of sp³-hybridized carbons (Fsp3) is 0.235. The molecule has 2 aromatic carbocycles. The second kappa shape index (κ2) is 5.90. The fourth-order valence-electron chi connectivity index (χ4n) is 2.72. The van der Waals surface area contributed by atoms with Gasteiger partial charge in [-0.2, -0.15) is 0 Å². The summed E-state index contributed by atoms with van der Waals surface area (Å²) >= 11 is 3.39. The normalized spacial score (nSPS) is 16.7. The lowest BCUT2D eigenvalue weighted by molar-refractivity contribution is -0.120. The smallest absolute Gasteiger partial charge is 0.265 e. The minimum absolute atomic E-state index is 0.00701. The molecule has 0 saturated carbocycles. The van der Waals surface area contributed by atoms with E-state index in [0.29, 0.717) is 5.75 Å². The van der Waals surface area contributed by atoms with Crippen LogP contribution in [0.5, 0.6) is 5.75 Å². The van der Waals surface area contributed by atoms with Crippen LogP contribution in [0.4, 0.5) is 5.69 Å². The topological polar surface area (TPSA) is 29.5 Å². The first kappa shape index (κ1) is 14.1. The van der Waals surface area contributed by atoms with Crippen LogP contribution >= 0.6 is 15.9 Å². The Morgan fingerprint density at radius 2 is 2.10 bits per heavy atom. The van der Waals surface area contributed by atoms with Gasteiger partial charge in [0.15, 0.2) is 6.61 Å². The SMILES string of the molecule is C[C@@H]1Cc2ccccc2N1C(=O)COc1cccc(Br)c1. The van der Waals surface area contributed by atoms with E-state index >= 15 is 0 Å². The average molecular weight is 346 g/mol. The molecular weight excluding hydrogens is 330 g/mol. The molecule has 1 heterocycles. The quantitative estimate of drug-likeness (QED) is 0.846. The molecule has 0 aromatic heterocycles. The summed E-state index contributed by atoms with van der Waals surface area (Å²) in [7, 11) is 0. The van der Waals surface area contributed by atoms with Crippen LogP contribution in [0.2, 0.25) is 0 Å². The van der Waals surface area contributed by atoms with Crippen LogP contribution in [0.25, 0.3) is 0 Å². The second-order valence-corrected chi connectivity index (χ2v) is 6.11. The summed E-state index contributed by atoms with van der Waals surface area (Å²) in [5.41, 5.74) is 2.23. The number of fused-ring (bicyclic) bond motifs is 1. The number of halogens is 1. The Bertz CT molecular complexity index is 671. The molecule has 1 aliphatic heterocycles. The summed E-state index contributed by atoms with van der Waals surface area (Å²) < 4.78 is 6.54. The Morgan fingerprint density at radius 1 is 1.29 bits per heavy atom. The zero-order valence-electron chi connectivity index (χ0n) is 11.8. The lowest BCUT2D eigenvalue weighted by Crippen LogP contribution is -2.39. The van der Waals surface area contributed by atoms with Gasteiger partial charge in [0.25, 0.3) is 5.91 Å². The Morgan fingerprint density at radius 3 is 2.90 bits per heavy atom. The third-order valence-corrected chi connectivity index (χ3v) is 4.13. The molecule has 0 radical (unpaired) electrons. The lowest BCUT2D eigenvalue weighted by atomic mass is 10.1. The summed E-state index contributed by atoms with van der Waals surface area (Å²) in [5.74, 6) is 0.685. The van der Waals surface area contributed by atoms with E-state index in [1.807, 2.05) is 47.4 Å². The van der Waals surface area contributed by atoms with Gasteiger partial charge in [0, 0.05) is 16.2 Å². The second-order valence-electron chi connectivity index (χ2n) is 5.19. The molecule has 0 saturated heterocycles. The Balaban J connectivity index is 1.71. The van der Waals surface area contributed by atoms with Gasteiger partial charge >= 0.3 is 0 Å². The molecule has 1 atom stereocenters. The van der Waals surface area contributed by atoms with Gasteiger partial charge in [-0.3, -0.25) is 4.79 Å². The molecule has 0 aliphatic carbocycles. The average Bonchev–Trinajstić information content (AvgIpc) is 2.81. The molecule has 21 heavy (non-hydrogen) atoms. The number of amides is 1. The van der Waals surface area contributed by atoms with Gasteiger partial charge in [0.05, 0.1) is 0 Å². The van der Waals surface area contributed by atoms with Gasteiger partial charge in [-0.1, -0.05) is 40.2 Å². The van der Waals surface area contributed by atoms with Gasteiger partial charge in [0.2, 0.25) is 0 Å². The van der Waals surface area contributed by atoms with Crippen LogP contribution in [0, 0.1) is 0 Å². The van der Waals surface area contributed by atoms with Crippen LogP contribution in [0.1, 0.15) is 12.5 Å². The summed E-state index contributed by atoms with van der Waals surface area (Å²) in [6.07, 6.45) is 0.902. The maximum Gasteiger partial charge on any atom is 0.265 e. The van der Waals surface area contributed by atoms with Crippen molar-refractivity contribution in [2.24, 2.45) is 0 Å². The first-order valence-corrected chi connectivity index (χ1v) is 7.73. The molecule has 0 unspecified atom stereocenters. The van der Waals surface area contributed by atoms with Crippen molar-refractivity contribution in [3.8, 4) is 5.75 Å². The van der Waals surface area contributed by atoms with Gasteiger partial charge < -0.3 is 9.64 Å². The molecule has 0 bridgehead atoms. The van der Waals surface area contributed by atoms with Crippen LogP contribution in [-0.2, 0) is 11.2 Å². The molecule has 0 fully saturated rings. The number of benzene rings is 2. The van der Waals surface area contributed by atoms with Crippen LogP contribution in [-0.4, -0.2) is 18.6 Å². The fourth-order valence-corrected chi connectivity index (χ4v) is 3.10. The van der Waals surface area contributed by atoms with E-state index in [1.54, 1.807) is 0 Å². The third kappa shape index (κ3) is 2.95. The number of ether oxygens (including phenoxy) is 1. The van der Waals surface area contributed by atoms with Crippen molar-refractivity contribution in [3.05, 3.63) is 58.6 Å². The van der Waals surface area contributed by atoms with Gasteiger partial charge in [-0.25, -0.2) is 0 Å². The number of carbonyl (C=O) groups excluding carboxylic acids is 1. The Hall–Kier alpha value is -1.81. The van der Waals surface area contributed by atoms with E-state index in [2.05, 4.69) is 28.9 Å². The number of anilines is 1. The monoisotopic (exact) mass is 345 g/mol. The van der Waals surface area contributed by atoms with E-state index in [9.17, 15) is 4.79 Å². The summed E-state index contributed by atoms with van der Waals surface area (Å²) in [6, 6.07) is 15.7. The van der Waals surface area contributed by atoms with E-state index in [1.165, 1.54) is 5.56 Å². The number of hydrogen-bond acceptors (Lipinski definition) is 2. The molecule has 1 aliphatic rings. The van der Waals surface area contributed by atoms with Crippen molar-refractivity contribution in [2.45, 2.75) is 19.4 Å². The maximum atomic E-state index is 12.5. The zero-order chi connectivity index (χ0) is 14.8. The first-order valence-electron chi connectivity index (χ1n) is 6.93. The Labute approximate surface area is 132 Å².